The molecule has 16 heavy (non-hydrogen) atoms. The van der Waals surface area contributed by atoms with Crippen molar-refractivity contribution in [3.05, 3.63) is 11.4 Å². The zero-order valence-electron chi connectivity index (χ0n) is 9.85. The van der Waals surface area contributed by atoms with Gasteiger partial charge in [0.1, 0.15) is 0 Å². The van der Waals surface area contributed by atoms with E-state index in [1.165, 1.54) is 5.69 Å². The van der Waals surface area contributed by atoms with Gasteiger partial charge in [-0.15, -0.1) is 5.10 Å². The highest BCUT2D eigenvalue weighted by Crippen LogP contribution is 2.16. The average molecular weight is 224 g/mol. The molecule has 1 aliphatic heterocycles. The van der Waals surface area contributed by atoms with Gasteiger partial charge in [-0.1, -0.05) is 18.6 Å². The van der Waals surface area contributed by atoms with Crippen molar-refractivity contribution in [1.29, 1.82) is 0 Å². The fourth-order valence-electron chi connectivity index (χ4n) is 2.17. The van der Waals surface area contributed by atoms with Crippen molar-refractivity contribution in [2.45, 2.75) is 51.8 Å². The minimum Gasteiger partial charge on any atom is -0.376 e. The number of nitrogens with two attached hydrogens (primary N) is 1. The summed E-state index contributed by atoms with van der Waals surface area (Å²) in [5, 5.41) is 8.30. The van der Waals surface area contributed by atoms with E-state index in [0.29, 0.717) is 12.6 Å². The summed E-state index contributed by atoms with van der Waals surface area (Å²) in [5.74, 6) is 0. The Morgan fingerprint density at radius 2 is 2.44 bits per heavy atom. The Bertz CT molecular complexity index is 331. The molecule has 90 valence electrons. The van der Waals surface area contributed by atoms with E-state index in [0.717, 1.165) is 44.5 Å². The first-order chi connectivity index (χ1) is 7.85. The molecular weight excluding hydrogens is 204 g/mol. The molecule has 0 amide bonds. The SMILES string of the molecule is CCCc1c(CN)nnn1CC1CCCO1. The van der Waals surface area contributed by atoms with E-state index in [2.05, 4.69) is 17.2 Å². The van der Waals surface area contributed by atoms with Crippen LogP contribution in [-0.4, -0.2) is 27.7 Å². The second-order valence-electron chi connectivity index (χ2n) is 4.25. The van der Waals surface area contributed by atoms with Gasteiger partial charge < -0.3 is 10.5 Å². The molecule has 2 N–H and O–H groups in total. The van der Waals surface area contributed by atoms with E-state index >= 15 is 0 Å². The van der Waals surface area contributed by atoms with E-state index in [4.69, 9.17) is 10.5 Å². The summed E-state index contributed by atoms with van der Waals surface area (Å²) >= 11 is 0. The molecule has 1 unspecified atom stereocenters. The largest absolute Gasteiger partial charge is 0.376 e. The van der Waals surface area contributed by atoms with Gasteiger partial charge in [-0.05, 0) is 19.3 Å². The number of nitrogens with zero attached hydrogens (tertiary/aromatic N) is 3. The van der Waals surface area contributed by atoms with Gasteiger partial charge >= 0.3 is 0 Å². The first-order valence-electron chi connectivity index (χ1n) is 6.08. The van der Waals surface area contributed by atoms with E-state index in [9.17, 15) is 0 Å². The molecule has 1 saturated heterocycles. The fraction of sp³-hybridized carbons (Fsp3) is 0.818. The molecule has 0 bridgehead atoms. The zero-order chi connectivity index (χ0) is 11.4. The van der Waals surface area contributed by atoms with Gasteiger partial charge in [0.25, 0.3) is 0 Å². The minimum atomic E-state index is 0.308. The van der Waals surface area contributed by atoms with Crippen LogP contribution in [0.25, 0.3) is 0 Å². The van der Waals surface area contributed by atoms with Crippen LogP contribution in [0.15, 0.2) is 0 Å². The first kappa shape index (κ1) is 11.5. The summed E-state index contributed by atoms with van der Waals surface area (Å²) in [6, 6.07) is 0. The normalized spacial score (nSPS) is 20.5. The molecule has 5 nitrogen and oxygen atoms in total. The van der Waals surface area contributed by atoms with Crippen LogP contribution in [0.1, 0.15) is 37.6 Å². The lowest BCUT2D eigenvalue weighted by Gasteiger charge is -2.11. The second kappa shape index (κ2) is 5.41. The number of hydrogen-bond acceptors (Lipinski definition) is 4. The lowest BCUT2D eigenvalue weighted by Crippen LogP contribution is -2.18. The van der Waals surface area contributed by atoms with Crippen molar-refractivity contribution < 1.29 is 4.74 Å². The summed E-state index contributed by atoms with van der Waals surface area (Å²) in [7, 11) is 0. The Hall–Kier alpha value is -0.940. The lowest BCUT2D eigenvalue weighted by molar-refractivity contribution is 0.0927. The highest BCUT2D eigenvalue weighted by atomic mass is 16.5. The number of hydrogen-bond donors (Lipinski definition) is 1. The molecule has 5 heteroatoms. The van der Waals surface area contributed by atoms with Crippen molar-refractivity contribution >= 4 is 0 Å². The van der Waals surface area contributed by atoms with E-state index in [1.807, 2.05) is 4.68 Å². The monoisotopic (exact) mass is 224 g/mol. The summed E-state index contributed by atoms with van der Waals surface area (Å²) in [4.78, 5) is 0. The van der Waals surface area contributed by atoms with Crippen LogP contribution in [0.2, 0.25) is 0 Å². The van der Waals surface area contributed by atoms with Crippen molar-refractivity contribution in [3.8, 4) is 0 Å². The number of rotatable bonds is 5. The van der Waals surface area contributed by atoms with Crippen molar-refractivity contribution in [2.24, 2.45) is 5.73 Å². The first-order valence-corrected chi connectivity index (χ1v) is 6.08. The zero-order valence-corrected chi connectivity index (χ0v) is 9.85. The third kappa shape index (κ3) is 2.41. The fourth-order valence-corrected chi connectivity index (χ4v) is 2.17. The predicted octanol–water partition coefficient (Wildman–Crippen LogP) is 0.868. The predicted molar refractivity (Wildman–Crippen MR) is 60.9 cm³/mol. The number of ether oxygens (including phenoxy) is 1. The molecule has 1 aromatic heterocycles. The average Bonchev–Trinajstić information content (AvgIpc) is 2.91. The molecule has 0 spiro atoms. The smallest absolute Gasteiger partial charge is 0.0994 e. The molecule has 0 aliphatic carbocycles. The highest BCUT2D eigenvalue weighted by Gasteiger charge is 2.19. The minimum absolute atomic E-state index is 0.308. The third-order valence-electron chi connectivity index (χ3n) is 3.00. The summed E-state index contributed by atoms with van der Waals surface area (Å²) in [5.41, 5.74) is 7.77. The Labute approximate surface area is 96.0 Å². The standard InChI is InChI=1S/C11H20N4O/c1-2-4-11-10(7-12)13-14-15(11)8-9-5-3-6-16-9/h9H,2-8,12H2,1H3. The molecule has 1 aliphatic rings. The van der Waals surface area contributed by atoms with E-state index in [-0.39, 0.29) is 0 Å². The van der Waals surface area contributed by atoms with Gasteiger partial charge in [0, 0.05) is 13.2 Å². The van der Waals surface area contributed by atoms with Crippen molar-refractivity contribution in [1.82, 2.24) is 15.0 Å². The highest BCUT2D eigenvalue weighted by molar-refractivity contribution is 5.10. The van der Waals surface area contributed by atoms with Crippen LogP contribution in [0, 0.1) is 0 Å². The molecule has 1 aromatic rings. The van der Waals surface area contributed by atoms with Gasteiger partial charge in [-0.3, -0.25) is 0 Å². The Morgan fingerprint density at radius 1 is 1.56 bits per heavy atom. The van der Waals surface area contributed by atoms with Gasteiger partial charge in [0.15, 0.2) is 0 Å². The van der Waals surface area contributed by atoms with Gasteiger partial charge in [-0.25, -0.2) is 4.68 Å². The maximum Gasteiger partial charge on any atom is 0.0994 e. The van der Waals surface area contributed by atoms with Crippen LogP contribution in [0.5, 0.6) is 0 Å². The number of aromatic nitrogens is 3. The van der Waals surface area contributed by atoms with Crippen LogP contribution < -0.4 is 5.73 Å². The van der Waals surface area contributed by atoms with E-state index in [1.54, 1.807) is 0 Å². The Morgan fingerprint density at radius 3 is 3.06 bits per heavy atom. The topological polar surface area (TPSA) is 66.0 Å². The lowest BCUT2D eigenvalue weighted by atomic mass is 10.2. The van der Waals surface area contributed by atoms with Crippen LogP contribution in [0.3, 0.4) is 0 Å². The van der Waals surface area contributed by atoms with Crippen LogP contribution in [-0.2, 0) is 24.2 Å². The molecule has 0 radical (unpaired) electrons. The van der Waals surface area contributed by atoms with Crippen LogP contribution >= 0.6 is 0 Å². The Kier molecular flexibility index (Phi) is 3.90. The summed E-state index contributed by atoms with van der Waals surface area (Å²) < 4.78 is 7.59. The molecular formula is C11H20N4O. The molecule has 0 aromatic carbocycles. The van der Waals surface area contributed by atoms with Crippen LogP contribution in [0.4, 0.5) is 0 Å². The van der Waals surface area contributed by atoms with Crippen molar-refractivity contribution in [2.75, 3.05) is 6.61 Å². The Balaban J connectivity index is 2.09. The van der Waals surface area contributed by atoms with Gasteiger partial charge in [-0.2, -0.15) is 0 Å². The molecule has 1 fully saturated rings. The van der Waals surface area contributed by atoms with Crippen molar-refractivity contribution in [3.63, 3.8) is 0 Å². The molecule has 1 atom stereocenters. The van der Waals surface area contributed by atoms with Gasteiger partial charge in [0.05, 0.1) is 24.0 Å². The molecule has 2 rings (SSSR count). The quantitative estimate of drug-likeness (QED) is 0.806. The third-order valence-corrected chi connectivity index (χ3v) is 3.00. The summed E-state index contributed by atoms with van der Waals surface area (Å²) in [6.07, 6.45) is 4.68. The maximum absolute atomic E-state index is 5.66. The second-order valence-corrected chi connectivity index (χ2v) is 4.25. The van der Waals surface area contributed by atoms with Gasteiger partial charge in [0.2, 0.25) is 0 Å². The van der Waals surface area contributed by atoms with E-state index < -0.39 is 0 Å². The maximum atomic E-state index is 5.66. The molecule has 0 saturated carbocycles. The summed E-state index contributed by atoms with van der Waals surface area (Å²) in [6.45, 7) is 4.33. The molecule has 2 heterocycles.